The molecule has 3 heterocycles. The fourth-order valence-electron chi connectivity index (χ4n) is 4.43. The summed E-state index contributed by atoms with van der Waals surface area (Å²) in [6.07, 6.45) is 3.84. The monoisotopic (exact) mass is 467 g/mol. The first kappa shape index (κ1) is 22.4. The average molecular weight is 468 g/mol. The lowest BCUT2D eigenvalue weighted by Gasteiger charge is -2.34. The summed E-state index contributed by atoms with van der Waals surface area (Å²) in [6.45, 7) is 5.08. The van der Waals surface area contributed by atoms with Gasteiger partial charge in [0.15, 0.2) is 0 Å². The van der Waals surface area contributed by atoms with Gasteiger partial charge in [0, 0.05) is 38.6 Å². The number of morpholine rings is 1. The average Bonchev–Trinajstić information content (AvgIpc) is 3.12. The number of carbonyl (C=O) groups is 1. The van der Waals surface area contributed by atoms with Gasteiger partial charge in [0.05, 0.1) is 28.3 Å². The van der Waals surface area contributed by atoms with Crippen molar-refractivity contribution in [3.8, 4) is 0 Å². The minimum atomic E-state index is -3.60. The van der Waals surface area contributed by atoms with E-state index < -0.39 is 10.0 Å². The third-order valence-electron chi connectivity index (χ3n) is 6.20. The van der Waals surface area contributed by atoms with Crippen molar-refractivity contribution in [3.63, 3.8) is 0 Å². The van der Waals surface area contributed by atoms with Crippen LogP contribution in [-0.2, 0) is 26.1 Å². The maximum atomic E-state index is 13.3. The molecule has 2 aromatic rings. The number of aromatic nitrogens is 1. The molecular formula is C21H29N3O5S2. The second-order valence-electron chi connectivity index (χ2n) is 8.07. The number of amides is 1. The van der Waals surface area contributed by atoms with E-state index in [2.05, 4.69) is 0 Å². The Morgan fingerprint density at radius 2 is 1.97 bits per heavy atom. The second kappa shape index (κ2) is 9.40. The van der Waals surface area contributed by atoms with E-state index in [4.69, 9.17) is 4.74 Å². The quantitative estimate of drug-likeness (QED) is 0.650. The van der Waals surface area contributed by atoms with Gasteiger partial charge >= 0.3 is 4.87 Å². The van der Waals surface area contributed by atoms with E-state index in [1.54, 1.807) is 32.0 Å². The maximum Gasteiger partial charge on any atom is 0.308 e. The van der Waals surface area contributed by atoms with Gasteiger partial charge in [0.25, 0.3) is 0 Å². The molecule has 2 fully saturated rings. The molecular weight excluding hydrogens is 438 g/mol. The smallest absolute Gasteiger partial charge is 0.308 e. The first-order chi connectivity index (χ1) is 14.9. The summed E-state index contributed by atoms with van der Waals surface area (Å²) in [4.78, 5) is 26.8. The largest absolute Gasteiger partial charge is 0.378 e. The van der Waals surface area contributed by atoms with Crippen LogP contribution in [0.5, 0.6) is 0 Å². The highest BCUT2D eigenvalue weighted by Crippen LogP contribution is 2.29. The fraction of sp³-hybridized carbons (Fsp3) is 0.619. The van der Waals surface area contributed by atoms with Gasteiger partial charge in [-0.2, -0.15) is 4.31 Å². The van der Waals surface area contributed by atoms with Crippen LogP contribution < -0.4 is 4.87 Å². The number of carbonyl (C=O) groups excluding carboxylic acids is 1. The number of rotatable bonds is 6. The van der Waals surface area contributed by atoms with E-state index in [9.17, 15) is 18.0 Å². The maximum absolute atomic E-state index is 13.3. The third-order valence-corrected chi connectivity index (χ3v) is 9.09. The Kier molecular flexibility index (Phi) is 6.80. The molecule has 1 atom stereocenters. The fourth-order valence-corrected chi connectivity index (χ4v) is 7.26. The van der Waals surface area contributed by atoms with Crippen LogP contribution in [0.3, 0.4) is 0 Å². The summed E-state index contributed by atoms with van der Waals surface area (Å²) in [6, 6.07) is 4.93. The number of aryl methyl sites for hydroxylation is 1. The zero-order chi connectivity index (χ0) is 22.0. The zero-order valence-corrected chi connectivity index (χ0v) is 19.4. The van der Waals surface area contributed by atoms with E-state index >= 15 is 0 Å². The summed E-state index contributed by atoms with van der Waals surface area (Å²) in [5, 5.41) is 0. The van der Waals surface area contributed by atoms with E-state index in [0.29, 0.717) is 43.1 Å². The number of thiazole rings is 1. The summed E-state index contributed by atoms with van der Waals surface area (Å²) < 4.78 is 35.6. The summed E-state index contributed by atoms with van der Waals surface area (Å²) in [5.74, 6) is 0.00412. The minimum absolute atomic E-state index is 0.00412. The van der Waals surface area contributed by atoms with Crippen LogP contribution in [0.2, 0.25) is 0 Å². The van der Waals surface area contributed by atoms with Crippen molar-refractivity contribution in [1.82, 2.24) is 13.8 Å². The molecule has 31 heavy (non-hydrogen) atoms. The first-order valence-corrected chi connectivity index (χ1v) is 13.2. The molecule has 0 saturated carbocycles. The molecule has 10 heteroatoms. The Labute approximate surface area is 186 Å². The lowest BCUT2D eigenvalue weighted by atomic mass is 10.0. The lowest BCUT2D eigenvalue weighted by Crippen LogP contribution is -2.43. The van der Waals surface area contributed by atoms with Gasteiger partial charge in [-0.15, -0.1) is 0 Å². The standard InChI is InChI=1S/C21H29N3O5S2/c1-2-16-5-3-4-9-24(16)31(27,28)17-6-7-18-19(15-17)30-21(26)23(18)10-8-20(25)22-11-13-29-14-12-22/h6-7,15-16H,2-5,8-14H2,1H3/t16-/m1/s1. The molecule has 0 N–H and O–H groups in total. The first-order valence-electron chi connectivity index (χ1n) is 10.9. The van der Waals surface area contributed by atoms with E-state index in [-0.39, 0.29) is 34.7 Å². The summed E-state index contributed by atoms with van der Waals surface area (Å²) in [7, 11) is -3.60. The lowest BCUT2D eigenvalue weighted by molar-refractivity contribution is -0.135. The highest BCUT2D eigenvalue weighted by atomic mass is 32.2. The van der Waals surface area contributed by atoms with Gasteiger partial charge in [-0.25, -0.2) is 8.42 Å². The van der Waals surface area contributed by atoms with Gasteiger partial charge < -0.3 is 9.64 Å². The van der Waals surface area contributed by atoms with Gasteiger partial charge in [-0.3, -0.25) is 14.2 Å². The van der Waals surface area contributed by atoms with Crippen molar-refractivity contribution in [3.05, 3.63) is 27.9 Å². The molecule has 2 aliphatic rings. The summed E-state index contributed by atoms with van der Waals surface area (Å²) in [5.41, 5.74) is 0.675. The predicted molar refractivity (Wildman–Crippen MR) is 120 cm³/mol. The van der Waals surface area contributed by atoms with Crippen LogP contribution in [0.1, 0.15) is 39.0 Å². The van der Waals surface area contributed by atoms with Crippen LogP contribution >= 0.6 is 11.3 Å². The third kappa shape index (κ3) is 4.57. The van der Waals surface area contributed by atoms with Crippen LogP contribution in [0.15, 0.2) is 27.9 Å². The van der Waals surface area contributed by atoms with Crippen LogP contribution in [0.25, 0.3) is 10.2 Å². The number of fused-ring (bicyclic) bond motifs is 1. The van der Waals surface area contributed by atoms with Crippen molar-refractivity contribution < 1.29 is 17.9 Å². The molecule has 2 aliphatic heterocycles. The van der Waals surface area contributed by atoms with Crippen molar-refractivity contribution in [2.45, 2.75) is 56.5 Å². The Hall–Kier alpha value is -1.75. The van der Waals surface area contributed by atoms with Crippen LogP contribution in [0, 0.1) is 0 Å². The number of sulfonamides is 1. The Morgan fingerprint density at radius 1 is 1.19 bits per heavy atom. The Morgan fingerprint density at radius 3 is 2.71 bits per heavy atom. The molecule has 0 radical (unpaired) electrons. The van der Waals surface area contributed by atoms with Crippen LogP contribution in [-0.4, -0.2) is 67.0 Å². The number of ether oxygens (including phenoxy) is 1. The SMILES string of the molecule is CC[C@@H]1CCCCN1S(=O)(=O)c1ccc2c(c1)sc(=O)n2CCC(=O)N1CCOCC1. The van der Waals surface area contributed by atoms with Crippen LogP contribution in [0.4, 0.5) is 0 Å². The minimum Gasteiger partial charge on any atom is -0.378 e. The number of nitrogens with zero attached hydrogens (tertiary/aromatic N) is 3. The molecule has 170 valence electrons. The molecule has 1 aromatic carbocycles. The molecule has 1 aromatic heterocycles. The molecule has 4 rings (SSSR count). The predicted octanol–water partition coefficient (Wildman–Crippen LogP) is 2.27. The molecule has 0 aliphatic carbocycles. The van der Waals surface area contributed by atoms with Gasteiger partial charge in [0.2, 0.25) is 15.9 Å². The number of hydrogen-bond donors (Lipinski definition) is 0. The van der Waals surface area contributed by atoms with Crippen molar-refractivity contribution >= 4 is 37.5 Å². The van der Waals surface area contributed by atoms with Crippen molar-refractivity contribution in [1.29, 1.82) is 0 Å². The van der Waals surface area contributed by atoms with Crippen molar-refractivity contribution in [2.75, 3.05) is 32.8 Å². The van der Waals surface area contributed by atoms with Crippen molar-refractivity contribution in [2.24, 2.45) is 0 Å². The molecule has 2 saturated heterocycles. The number of benzene rings is 1. The Bertz CT molecular complexity index is 1100. The second-order valence-corrected chi connectivity index (χ2v) is 10.9. The zero-order valence-electron chi connectivity index (χ0n) is 17.8. The van der Waals surface area contributed by atoms with Gasteiger partial charge in [-0.05, 0) is 37.5 Å². The number of piperidine rings is 1. The molecule has 1 amide bonds. The van der Waals surface area contributed by atoms with Gasteiger partial charge in [-0.1, -0.05) is 24.7 Å². The number of hydrogen-bond acceptors (Lipinski definition) is 6. The van der Waals surface area contributed by atoms with E-state index in [1.807, 2.05) is 6.92 Å². The van der Waals surface area contributed by atoms with E-state index in [0.717, 1.165) is 37.0 Å². The normalized spacial score (nSPS) is 20.9. The highest BCUT2D eigenvalue weighted by Gasteiger charge is 2.32. The topological polar surface area (TPSA) is 88.9 Å². The van der Waals surface area contributed by atoms with E-state index in [1.165, 1.54) is 0 Å². The summed E-state index contributed by atoms with van der Waals surface area (Å²) >= 11 is 1.03. The molecule has 0 spiro atoms. The van der Waals surface area contributed by atoms with Gasteiger partial charge in [0.1, 0.15) is 0 Å². The Balaban J connectivity index is 1.55. The molecule has 0 bridgehead atoms. The molecule has 8 nitrogen and oxygen atoms in total. The molecule has 0 unspecified atom stereocenters. The highest BCUT2D eigenvalue weighted by molar-refractivity contribution is 7.89.